The second-order valence-corrected chi connectivity index (χ2v) is 6.61. The summed E-state index contributed by atoms with van der Waals surface area (Å²) in [6, 6.07) is 7.92. The van der Waals surface area contributed by atoms with Crippen molar-refractivity contribution in [3.8, 4) is 6.07 Å². The highest BCUT2D eigenvalue weighted by Crippen LogP contribution is 2.36. The SMILES string of the molecule is N#Cc1c(NCC2COC3(CCCCCC3)O2)nc2ccccn12. The predicted molar refractivity (Wildman–Crippen MR) is 89.7 cm³/mol. The Morgan fingerprint density at radius 3 is 2.92 bits per heavy atom. The van der Waals surface area contributed by atoms with E-state index in [9.17, 15) is 5.26 Å². The van der Waals surface area contributed by atoms with Gasteiger partial charge in [0.25, 0.3) is 0 Å². The van der Waals surface area contributed by atoms with Crippen LogP contribution < -0.4 is 5.32 Å². The van der Waals surface area contributed by atoms with Crippen molar-refractivity contribution in [1.82, 2.24) is 9.38 Å². The third-order valence-corrected chi connectivity index (χ3v) is 4.91. The molecule has 2 aromatic rings. The second-order valence-electron chi connectivity index (χ2n) is 6.61. The Kier molecular flexibility index (Phi) is 4.13. The molecular formula is C18H22N4O2. The van der Waals surface area contributed by atoms with Gasteiger partial charge in [-0.25, -0.2) is 4.98 Å². The molecule has 1 unspecified atom stereocenters. The van der Waals surface area contributed by atoms with E-state index in [0.717, 1.165) is 18.5 Å². The lowest BCUT2D eigenvalue weighted by atomic mass is 10.1. The van der Waals surface area contributed by atoms with E-state index in [4.69, 9.17) is 9.47 Å². The van der Waals surface area contributed by atoms with Gasteiger partial charge in [0, 0.05) is 25.6 Å². The molecule has 1 N–H and O–H groups in total. The van der Waals surface area contributed by atoms with Crippen molar-refractivity contribution in [2.45, 2.75) is 50.4 Å². The number of hydrogen-bond donors (Lipinski definition) is 1. The van der Waals surface area contributed by atoms with Crippen LogP contribution in [0.15, 0.2) is 24.4 Å². The Morgan fingerprint density at radius 2 is 2.12 bits per heavy atom. The highest BCUT2D eigenvalue weighted by atomic mass is 16.7. The summed E-state index contributed by atoms with van der Waals surface area (Å²) < 4.78 is 14.1. The molecule has 0 amide bonds. The molecule has 6 heteroatoms. The van der Waals surface area contributed by atoms with Gasteiger partial charge < -0.3 is 14.8 Å². The zero-order chi connectivity index (χ0) is 16.4. The smallest absolute Gasteiger partial charge is 0.168 e. The topological polar surface area (TPSA) is 71.6 Å². The second kappa shape index (κ2) is 6.42. The minimum absolute atomic E-state index is 0.000505. The van der Waals surface area contributed by atoms with Gasteiger partial charge in [-0.2, -0.15) is 5.26 Å². The van der Waals surface area contributed by atoms with E-state index in [-0.39, 0.29) is 11.9 Å². The van der Waals surface area contributed by atoms with Crippen molar-refractivity contribution < 1.29 is 9.47 Å². The van der Waals surface area contributed by atoms with Crippen molar-refractivity contribution >= 4 is 11.5 Å². The van der Waals surface area contributed by atoms with Crippen LogP contribution in [0.5, 0.6) is 0 Å². The maximum absolute atomic E-state index is 9.42. The normalized spacial score (nSPS) is 23.2. The van der Waals surface area contributed by atoms with Gasteiger partial charge in [0.2, 0.25) is 0 Å². The van der Waals surface area contributed by atoms with Crippen LogP contribution in [-0.4, -0.2) is 34.4 Å². The van der Waals surface area contributed by atoms with Crippen LogP contribution in [0.4, 0.5) is 5.82 Å². The maximum atomic E-state index is 9.42. The molecule has 126 valence electrons. The van der Waals surface area contributed by atoms with Crippen molar-refractivity contribution in [2.24, 2.45) is 0 Å². The van der Waals surface area contributed by atoms with Gasteiger partial charge >= 0.3 is 0 Å². The number of nitrogens with one attached hydrogen (secondary N) is 1. The number of anilines is 1. The fourth-order valence-electron chi connectivity index (χ4n) is 3.68. The van der Waals surface area contributed by atoms with Crippen molar-refractivity contribution in [1.29, 1.82) is 5.26 Å². The zero-order valence-electron chi connectivity index (χ0n) is 13.7. The molecule has 1 atom stereocenters. The Hall–Kier alpha value is -2.10. The molecule has 0 radical (unpaired) electrons. The summed E-state index contributed by atoms with van der Waals surface area (Å²) in [5.74, 6) is 0.230. The minimum atomic E-state index is -0.375. The fraction of sp³-hybridized carbons (Fsp3) is 0.556. The fourth-order valence-corrected chi connectivity index (χ4v) is 3.68. The van der Waals surface area contributed by atoms with E-state index in [1.54, 1.807) is 4.40 Å². The van der Waals surface area contributed by atoms with Crippen LogP contribution in [0, 0.1) is 11.3 Å². The van der Waals surface area contributed by atoms with Gasteiger partial charge in [-0.15, -0.1) is 0 Å². The number of rotatable bonds is 3. The Balaban J connectivity index is 1.43. The molecule has 24 heavy (non-hydrogen) atoms. The number of ether oxygens (including phenoxy) is 2. The Morgan fingerprint density at radius 1 is 1.29 bits per heavy atom. The molecule has 2 fully saturated rings. The average molecular weight is 326 g/mol. The van der Waals surface area contributed by atoms with Crippen LogP contribution in [0.25, 0.3) is 5.65 Å². The van der Waals surface area contributed by atoms with E-state index in [1.807, 2.05) is 24.4 Å². The van der Waals surface area contributed by atoms with Gasteiger partial charge in [0.15, 0.2) is 17.3 Å². The van der Waals surface area contributed by atoms with E-state index in [0.29, 0.717) is 24.7 Å². The molecule has 1 saturated heterocycles. The van der Waals surface area contributed by atoms with Crippen LogP contribution in [0.3, 0.4) is 0 Å². The van der Waals surface area contributed by atoms with Crippen molar-refractivity contribution in [2.75, 3.05) is 18.5 Å². The van der Waals surface area contributed by atoms with Crippen LogP contribution in [0.1, 0.15) is 44.2 Å². The first-order valence-corrected chi connectivity index (χ1v) is 8.72. The standard InChI is InChI=1S/C18H22N4O2/c19-11-15-17(21-16-7-3-6-10-22(15)16)20-12-14-13-23-18(24-14)8-4-1-2-5-9-18/h3,6-7,10,14,20H,1-2,4-5,8-9,12-13H2. The van der Waals surface area contributed by atoms with E-state index in [1.165, 1.54) is 25.7 Å². The molecule has 3 heterocycles. The van der Waals surface area contributed by atoms with Gasteiger partial charge in [-0.05, 0) is 25.0 Å². The summed E-state index contributed by atoms with van der Waals surface area (Å²) in [6.45, 7) is 1.20. The minimum Gasteiger partial charge on any atom is -0.365 e. The van der Waals surface area contributed by atoms with Gasteiger partial charge in [-0.3, -0.25) is 4.40 Å². The monoisotopic (exact) mass is 326 g/mol. The zero-order valence-corrected chi connectivity index (χ0v) is 13.7. The molecule has 6 nitrogen and oxygen atoms in total. The first kappa shape index (κ1) is 15.4. The van der Waals surface area contributed by atoms with Gasteiger partial charge in [0.05, 0.1) is 6.61 Å². The molecule has 1 aliphatic heterocycles. The lowest BCUT2D eigenvalue weighted by Gasteiger charge is -2.26. The van der Waals surface area contributed by atoms with Gasteiger partial charge in [0.1, 0.15) is 17.8 Å². The largest absolute Gasteiger partial charge is 0.365 e. The molecule has 2 aliphatic rings. The van der Waals surface area contributed by atoms with Crippen LogP contribution in [0.2, 0.25) is 0 Å². The summed E-state index contributed by atoms with van der Waals surface area (Å²) >= 11 is 0. The summed E-state index contributed by atoms with van der Waals surface area (Å²) in [4.78, 5) is 4.50. The first-order chi connectivity index (χ1) is 11.8. The van der Waals surface area contributed by atoms with Crippen LogP contribution in [-0.2, 0) is 9.47 Å². The molecule has 1 spiro atoms. The number of hydrogen-bond acceptors (Lipinski definition) is 5. The lowest BCUT2D eigenvalue weighted by Crippen LogP contribution is -2.31. The Bertz CT molecular complexity index is 756. The van der Waals surface area contributed by atoms with Crippen molar-refractivity contribution in [3.05, 3.63) is 30.1 Å². The number of nitriles is 1. The molecule has 1 saturated carbocycles. The molecule has 2 aromatic heterocycles. The van der Waals surface area contributed by atoms with Crippen molar-refractivity contribution in [3.63, 3.8) is 0 Å². The first-order valence-electron chi connectivity index (χ1n) is 8.72. The third kappa shape index (κ3) is 2.85. The van der Waals surface area contributed by atoms with Gasteiger partial charge in [-0.1, -0.05) is 18.9 Å². The molecular weight excluding hydrogens is 304 g/mol. The summed E-state index contributed by atoms with van der Waals surface area (Å²) in [5, 5.41) is 12.7. The predicted octanol–water partition coefficient (Wildman–Crippen LogP) is 3.08. The number of pyridine rings is 1. The van der Waals surface area contributed by atoms with Crippen LogP contribution >= 0.6 is 0 Å². The number of nitrogens with zero attached hydrogens (tertiary/aromatic N) is 3. The summed E-state index contributed by atoms with van der Waals surface area (Å²) in [5.41, 5.74) is 1.29. The third-order valence-electron chi connectivity index (χ3n) is 4.91. The Labute approximate surface area is 141 Å². The number of imidazole rings is 1. The highest BCUT2D eigenvalue weighted by molar-refractivity contribution is 5.58. The number of aromatic nitrogens is 2. The molecule has 4 rings (SSSR count). The molecule has 0 bridgehead atoms. The quantitative estimate of drug-likeness (QED) is 0.938. The highest BCUT2D eigenvalue weighted by Gasteiger charge is 2.41. The number of fused-ring (bicyclic) bond motifs is 1. The maximum Gasteiger partial charge on any atom is 0.168 e. The molecule has 1 aliphatic carbocycles. The average Bonchev–Trinajstić information content (AvgIpc) is 3.08. The van der Waals surface area contributed by atoms with E-state index < -0.39 is 0 Å². The van der Waals surface area contributed by atoms with E-state index in [2.05, 4.69) is 16.4 Å². The summed E-state index contributed by atoms with van der Waals surface area (Å²) in [7, 11) is 0. The molecule has 0 aromatic carbocycles. The van der Waals surface area contributed by atoms with E-state index >= 15 is 0 Å². The lowest BCUT2D eigenvalue weighted by molar-refractivity contribution is -0.174. The summed E-state index contributed by atoms with van der Waals surface area (Å²) in [6.07, 6.45) is 8.70.